The number of fused-ring (bicyclic) bond motifs is 3. The Morgan fingerprint density at radius 3 is 2.56 bits per heavy atom. The molecular weight excluding hydrogens is 194 g/mol. The van der Waals surface area contributed by atoms with E-state index < -0.39 is 0 Å². The van der Waals surface area contributed by atoms with Crippen molar-refractivity contribution in [2.24, 2.45) is 0 Å². The second kappa shape index (κ2) is 2.94. The van der Waals surface area contributed by atoms with Crippen LogP contribution in [0.15, 0.2) is 36.5 Å². The van der Waals surface area contributed by atoms with Gasteiger partial charge >= 0.3 is 0 Å². The Morgan fingerprint density at radius 1 is 1.00 bits per heavy atom. The van der Waals surface area contributed by atoms with Gasteiger partial charge in [-0.3, -0.25) is 4.98 Å². The molecule has 0 fully saturated rings. The molecule has 3 rings (SSSR count). The summed E-state index contributed by atoms with van der Waals surface area (Å²) >= 11 is 0. The molecule has 1 nitrogen and oxygen atoms in total. The van der Waals surface area contributed by atoms with E-state index in [2.05, 4.69) is 50.0 Å². The Bertz CT molecular complexity index is 567. The van der Waals surface area contributed by atoms with Crippen molar-refractivity contribution in [1.82, 2.24) is 4.98 Å². The lowest BCUT2D eigenvalue weighted by molar-refractivity contribution is 0.633. The number of hydrogen-bond donors (Lipinski definition) is 0. The molecule has 1 aliphatic rings. The molecule has 80 valence electrons. The lowest BCUT2D eigenvalue weighted by Crippen LogP contribution is -2.17. The van der Waals surface area contributed by atoms with Gasteiger partial charge in [-0.1, -0.05) is 38.1 Å². The molecule has 1 aromatic heterocycles. The van der Waals surface area contributed by atoms with Crippen LogP contribution in [0.5, 0.6) is 0 Å². The van der Waals surface area contributed by atoms with E-state index in [9.17, 15) is 0 Å². The maximum Gasteiger partial charge on any atom is 0.0582 e. The third-order valence-corrected chi connectivity index (χ3v) is 3.59. The number of nitrogens with zero attached hydrogens (tertiary/aromatic N) is 1. The summed E-state index contributed by atoms with van der Waals surface area (Å²) in [6.45, 7) is 6.71. The predicted molar refractivity (Wildman–Crippen MR) is 66.5 cm³/mol. The van der Waals surface area contributed by atoms with Crippen molar-refractivity contribution >= 4 is 0 Å². The normalized spacial score (nSPS) is 15.7. The zero-order valence-electron chi connectivity index (χ0n) is 9.91. The van der Waals surface area contributed by atoms with E-state index in [-0.39, 0.29) is 5.41 Å². The maximum absolute atomic E-state index is 4.57. The van der Waals surface area contributed by atoms with Crippen molar-refractivity contribution < 1.29 is 0 Å². The van der Waals surface area contributed by atoms with Crippen LogP contribution in [-0.2, 0) is 5.41 Å². The quantitative estimate of drug-likeness (QED) is 0.644. The average Bonchev–Trinajstić information content (AvgIpc) is 2.50. The van der Waals surface area contributed by atoms with Gasteiger partial charge in [0.2, 0.25) is 0 Å². The van der Waals surface area contributed by atoms with Gasteiger partial charge in [0.15, 0.2) is 0 Å². The molecule has 0 saturated heterocycles. The molecule has 0 N–H and O–H groups in total. The fourth-order valence-electron chi connectivity index (χ4n) is 2.96. The van der Waals surface area contributed by atoms with Crippen LogP contribution in [0.4, 0.5) is 0 Å². The largest absolute Gasteiger partial charge is 0.260 e. The van der Waals surface area contributed by atoms with Crippen molar-refractivity contribution in [3.05, 3.63) is 53.3 Å². The van der Waals surface area contributed by atoms with E-state index in [0.29, 0.717) is 0 Å². The van der Waals surface area contributed by atoms with Gasteiger partial charge < -0.3 is 0 Å². The highest BCUT2D eigenvalue weighted by Gasteiger charge is 2.37. The zero-order valence-corrected chi connectivity index (χ0v) is 9.91. The first-order valence-electron chi connectivity index (χ1n) is 5.68. The standard InChI is InChI=1S/C15H15N/c1-10-6-4-7-11-12-8-5-9-16-14(12)15(2,3)13(10)11/h4-9H,1-3H3. The highest BCUT2D eigenvalue weighted by atomic mass is 14.7. The first-order valence-corrected chi connectivity index (χ1v) is 5.68. The fraction of sp³-hybridized carbons (Fsp3) is 0.267. The van der Waals surface area contributed by atoms with Crippen molar-refractivity contribution in [2.45, 2.75) is 26.2 Å². The molecule has 1 aromatic carbocycles. The third kappa shape index (κ3) is 1.03. The number of benzene rings is 1. The number of aryl methyl sites for hydroxylation is 1. The van der Waals surface area contributed by atoms with Gasteiger partial charge in [-0.15, -0.1) is 0 Å². The Balaban J connectivity index is 2.44. The molecule has 0 amide bonds. The van der Waals surface area contributed by atoms with Crippen LogP contribution in [0.25, 0.3) is 11.1 Å². The molecule has 1 heteroatoms. The molecule has 0 atom stereocenters. The summed E-state index contributed by atoms with van der Waals surface area (Å²) in [6, 6.07) is 10.7. The highest BCUT2D eigenvalue weighted by Crippen LogP contribution is 2.48. The molecule has 0 spiro atoms. The lowest BCUT2D eigenvalue weighted by Gasteiger charge is -2.21. The number of hydrogen-bond acceptors (Lipinski definition) is 1. The summed E-state index contributed by atoms with van der Waals surface area (Å²) in [7, 11) is 0. The maximum atomic E-state index is 4.57. The fourth-order valence-corrected chi connectivity index (χ4v) is 2.96. The summed E-state index contributed by atoms with van der Waals surface area (Å²) < 4.78 is 0. The van der Waals surface area contributed by atoms with Crippen molar-refractivity contribution in [1.29, 1.82) is 0 Å². The molecule has 2 aromatic rings. The summed E-state index contributed by atoms with van der Waals surface area (Å²) in [5, 5.41) is 0. The molecule has 1 aliphatic carbocycles. The van der Waals surface area contributed by atoms with E-state index >= 15 is 0 Å². The van der Waals surface area contributed by atoms with E-state index in [1.807, 2.05) is 12.3 Å². The molecule has 0 bridgehead atoms. The molecule has 0 saturated carbocycles. The van der Waals surface area contributed by atoms with E-state index in [1.54, 1.807) is 0 Å². The molecule has 0 aliphatic heterocycles. The van der Waals surface area contributed by atoms with Crippen molar-refractivity contribution in [3.8, 4) is 11.1 Å². The summed E-state index contributed by atoms with van der Waals surface area (Å²) in [4.78, 5) is 4.57. The first kappa shape index (κ1) is 9.59. The Morgan fingerprint density at radius 2 is 1.75 bits per heavy atom. The molecule has 16 heavy (non-hydrogen) atoms. The van der Waals surface area contributed by atoms with Gasteiger partial charge in [-0.2, -0.15) is 0 Å². The minimum Gasteiger partial charge on any atom is -0.260 e. The van der Waals surface area contributed by atoms with Crippen molar-refractivity contribution in [2.75, 3.05) is 0 Å². The molecule has 0 unspecified atom stereocenters. The van der Waals surface area contributed by atoms with Crippen LogP contribution in [0.2, 0.25) is 0 Å². The van der Waals surface area contributed by atoms with Crippen LogP contribution in [0.3, 0.4) is 0 Å². The Kier molecular flexibility index (Phi) is 1.76. The molecule has 1 heterocycles. The minimum absolute atomic E-state index is 0.0390. The summed E-state index contributed by atoms with van der Waals surface area (Å²) in [5.41, 5.74) is 6.69. The van der Waals surface area contributed by atoms with Crippen LogP contribution in [0.1, 0.15) is 30.7 Å². The Labute approximate surface area is 96.2 Å². The van der Waals surface area contributed by atoms with E-state index in [1.165, 1.54) is 27.9 Å². The van der Waals surface area contributed by atoms with E-state index in [0.717, 1.165) is 0 Å². The topological polar surface area (TPSA) is 12.9 Å². The lowest BCUT2D eigenvalue weighted by atomic mass is 9.83. The van der Waals surface area contributed by atoms with Gasteiger partial charge in [0.25, 0.3) is 0 Å². The molecule has 0 radical (unpaired) electrons. The summed E-state index contributed by atoms with van der Waals surface area (Å²) in [6.07, 6.45) is 1.89. The zero-order chi connectivity index (χ0) is 11.3. The third-order valence-electron chi connectivity index (χ3n) is 3.59. The number of rotatable bonds is 0. The van der Waals surface area contributed by atoms with Gasteiger partial charge in [-0.05, 0) is 29.7 Å². The average molecular weight is 209 g/mol. The van der Waals surface area contributed by atoms with Gasteiger partial charge in [0.1, 0.15) is 0 Å². The van der Waals surface area contributed by atoms with Crippen LogP contribution < -0.4 is 0 Å². The smallest absolute Gasteiger partial charge is 0.0582 e. The van der Waals surface area contributed by atoms with Crippen LogP contribution in [0, 0.1) is 6.92 Å². The van der Waals surface area contributed by atoms with Crippen LogP contribution in [-0.4, -0.2) is 4.98 Å². The highest BCUT2D eigenvalue weighted by molar-refractivity contribution is 5.80. The minimum atomic E-state index is 0.0390. The molecular formula is C15H15N. The number of pyridine rings is 1. The van der Waals surface area contributed by atoms with Gasteiger partial charge in [0, 0.05) is 17.2 Å². The number of aromatic nitrogens is 1. The van der Waals surface area contributed by atoms with Gasteiger partial charge in [-0.25, -0.2) is 0 Å². The second-order valence-electron chi connectivity index (χ2n) is 5.02. The first-order chi connectivity index (χ1) is 7.62. The summed E-state index contributed by atoms with van der Waals surface area (Å²) in [5.74, 6) is 0. The Hall–Kier alpha value is -1.63. The van der Waals surface area contributed by atoms with Crippen molar-refractivity contribution in [3.63, 3.8) is 0 Å². The SMILES string of the molecule is Cc1cccc2c1C(C)(C)c1ncccc1-2. The van der Waals surface area contributed by atoms with E-state index in [4.69, 9.17) is 0 Å². The monoisotopic (exact) mass is 209 g/mol. The van der Waals surface area contributed by atoms with Gasteiger partial charge in [0.05, 0.1) is 5.69 Å². The second-order valence-corrected chi connectivity index (χ2v) is 5.02. The predicted octanol–water partition coefficient (Wildman–Crippen LogP) is 3.70. The van der Waals surface area contributed by atoms with Crippen LogP contribution >= 0.6 is 0 Å².